The number of nitriles is 1. The molecule has 3 rings (SSSR count). The summed E-state index contributed by atoms with van der Waals surface area (Å²) in [6.45, 7) is 1.60. The van der Waals surface area contributed by atoms with E-state index < -0.39 is 46.4 Å². The topological polar surface area (TPSA) is 121 Å². The molecule has 0 aliphatic carbocycles. The minimum atomic E-state index is -1.66. The number of carboxylic acid groups (broad SMARTS) is 1. The van der Waals surface area contributed by atoms with Gasteiger partial charge >= 0.3 is 5.97 Å². The summed E-state index contributed by atoms with van der Waals surface area (Å²) in [4.78, 5) is 36.8. The lowest BCUT2D eigenvalue weighted by Crippen LogP contribution is -2.33. The summed E-state index contributed by atoms with van der Waals surface area (Å²) < 4.78 is 34.7. The SMILES string of the molecule is CC[C@@H](C(=O)Nc1cc(F)c(C(=O)O)cc1F)n1cc(OC)c(-c2cc(Cl)ccc2C#N)cc1=O. The molecule has 0 aliphatic heterocycles. The first-order chi connectivity index (χ1) is 16.6. The van der Waals surface area contributed by atoms with E-state index in [-0.39, 0.29) is 23.3 Å². The number of nitrogens with zero attached hydrogens (tertiary/aromatic N) is 2. The average Bonchev–Trinajstić information content (AvgIpc) is 2.82. The predicted molar refractivity (Wildman–Crippen MR) is 124 cm³/mol. The van der Waals surface area contributed by atoms with Crippen LogP contribution in [0.5, 0.6) is 5.75 Å². The highest BCUT2D eigenvalue weighted by Gasteiger charge is 2.24. The van der Waals surface area contributed by atoms with Gasteiger partial charge in [-0.25, -0.2) is 13.6 Å². The maximum Gasteiger partial charge on any atom is 0.338 e. The third-order valence-corrected chi connectivity index (χ3v) is 5.46. The summed E-state index contributed by atoms with van der Waals surface area (Å²) in [6.07, 6.45) is 1.37. The molecule has 0 saturated heterocycles. The lowest BCUT2D eigenvalue weighted by molar-refractivity contribution is -0.119. The number of ether oxygens (including phenoxy) is 1. The molecule has 35 heavy (non-hydrogen) atoms. The molecule has 1 amide bonds. The molecule has 2 aromatic carbocycles. The van der Waals surface area contributed by atoms with Crippen molar-refractivity contribution in [2.45, 2.75) is 19.4 Å². The van der Waals surface area contributed by atoms with E-state index in [1.165, 1.54) is 37.6 Å². The number of amides is 1. The third-order valence-electron chi connectivity index (χ3n) is 5.23. The number of methoxy groups -OCH3 is 1. The summed E-state index contributed by atoms with van der Waals surface area (Å²) >= 11 is 6.06. The molecule has 180 valence electrons. The highest BCUT2D eigenvalue weighted by Crippen LogP contribution is 2.33. The van der Waals surface area contributed by atoms with Crippen molar-refractivity contribution in [3.63, 3.8) is 0 Å². The highest BCUT2D eigenvalue weighted by atomic mass is 35.5. The van der Waals surface area contributed by atoms with Crippen molar-refractivity contribution in [3.8, 4) is 22.9 Å². The molecule has 2 N–H and O–H groups in total. The number of rotatable bonds is 7. The Balaban J connectivity index is 2.03. The van der Waals surface area contributed by atoms with E-state index in [1.807, 2.05) is 6.07 Å². The van der Waals surface area contributed by atoms with E-state index in [0.717, 1.165) is 4.57 Å². The molecule has 1 aromatic heterocycles. The van der Waals surface area contributed by atoms with Crippen LogP contribution in [0.15, 0.2) is 47.4 Å². The fourth-order valence-corrected chi connectivity index (χ4v) is 3.69. The number of nitrogens with one attached hydrogen (secondary N) is 1. The van der Waals surface area contributed by atoms with Crippen LogP contribution in [0.1, 0.15) is 35.3 Å². The Morgan fingerprint density at radius 2 is 1.91 bits per heavy atom. The van der Waals surface area contributed by atoms with Gasteiger partial charge in [0.25, 0.3) is 5.56 Å². The van der Waals surface area contributed by atoms with Gasteiger partial charge < -0.3 is 15.2 Å². The van der Waals surface area contributed by atoms with Crippen LogP contribution in [0.25, 0.3) is 11.1 Å². The van der Waals surface area contributed by atoms with Gasteiger partial charge in [-0.15, -0.1) is 0 Å². The first kappa shape index (κ1) is 25.4. The van der Waals surface area contributed by atoms with Crippen LogP contribution in [0.3, 0.4) is 0 Å². The number of carbonyl (C=O) groups is 2. The van der Waals surface area contributed by atoms with Crippen LogP contribution in [-0.2, 0) is 4.79 Å². The van der Waals surface area contributed by atoms with Crippen LogP contribution in [0, 0.1) is 23.0 Å². The minimum Gasteiger partial charge on any atom is -0.495 e. The monoisotopic (exact) mass is 501 g/mol. The quantitative estimate of drug-likeness (QED) is 0.487. The van der Waals surface area contributed by atoms with E-state index in [1.54, 1.807) is 6.92 Å². The predicted octanol–water partition coefficient (Wildman–Crippen LogP) is 4.62. The average molecular weight is 502 g/mol. The van der Waals surface area contributed by atoms with Crippen LogP contribution >= 0.6 is 11.6 Å². The lowest BCUT2D eigenvalue weighted by atomic mass is 10.00. The molecule has 0 bridgehead atoms. The third kappa shape index (κ3) is 5.15. The molecule has 3 aromatic rings. The number of pyridine rings is 1. The van der Waals surface area contributed by atoms with Gasteiger partial charge in [0, 0.05) is 28.3 Å². The summed E-state index contributed by atoms with van der Waals surface area (Å²) in [5.74, 6) is -4.73. The van der Waals surface area contributed by atoms with Crippen molar-refractivity contribution < 1.29 is 28.2 Å². The molecule has 0 unspecified atom stereocenters. The van der Waals surface area contributed by atoms with Gasteiger partial charge in [0.1, 0.15) is 23.4 Å². The highest BCUT2D eigenvalue weighted by molar-refractivity contribution is 6.31. The fourth-order valence-electron chi connectivity index (χ4n) is 3.51. The fraction of sp³-hybridized carbons (Fsp3) is 0.167. The Bertz CT molecular complexity index is 1430. The molecule has 1 heterocycles. The van der Waals surface area contributed by atoms with Crippen LogP contribution in [-0.4, -0.2) is 28.7 Å². The van der Waals surface area contributed by atoms with Crippen molar-refractivity contribution in [1.29, 1.82) is 5.26 Å². The molecule has 1 atom stereocenters. The van der Waals surface area contributed by atoms with Gasteiger partial charge in [0.15, 0.2) is 0 Å². The number of carboxylic acids is 1. The van der Waals surface area contributed by atoms with Gasteiger partial charge in [-0.1, -0.05) is 18.5 Å². The van der Waals surface area contributed by atoms with E-state index in [9.17, 15) is 28.4 Å². The van der Waals surface area contributed by atoms with Gasteiger partial charge in [0.05, 0.1) is 36.2 Å². The van der Waals surface area contributed by atoms with Gasteiger partial charge in [-0.05, 0) is 30.7 Å². The van der Waals surface area contributed by atoms with Crippen molar-refractivity contribution in [2.75, 3.05) is 12.4 Å². The Morgan fingerprint density at radius 1 is 1.20 bits per heavy atom. The Hall–Kier alpha value is -4.23. The first-order valence-electron chi connectivity index (χ1n) is 10.1. The molecule has 0 fully saturated rings. The van der Waals surface area contributed by atoms with Crippen molar-refractivity contribution in [1.82, 2.24) is 4.57 Å². The Labute approximate surface area is 202 Å². The zero-order valence-corrected chi connectivity index (χ0v) is 19.2. The van der Waals surface area contributed by atoms with E-state index >= 15 is 0 Å². The maximum absolute atomic E-state index is 14.3. The Kier molecular flexibility index (Phi) is 7.52. The van der Waals surface area contributed by atoms with E-state index in [2.05, 4.69) is 5.32 Å². The molecule has 0 saturated carbocycles. The maximum atomic E-state index is 14.3. The lowest BCUT2D eigenvalue weighted by Gasteiger charge is -2.20. The number of hydrogen-bond donors (Lipinski definition) is 2. The van der Waals surface area contributed by atoms with Gasteiger partial charge in [0.2, 0.25) is 5.91 Å². The second kappa shape index (κ2) is 10.4. The summed E-state index contributed by atoms with van der Waals surface area (Å²) in [6, 6.07) is 7.58. The molecule has 0 aliphatic rings. The zero-order chi connectivity index (χ0) is 25.9. The molecular weight excluding hydrogens is 484 g/mol. The standard InChI is InChI=1S/C24H18ClF2N3O5/c1-3-20(23(32)29-19-9-17(26)16(24(33)34)7-18(19)27)30-11-21(35-2)15(8-22(30)31)14-6-13(25)5-4-12(14)10-28/h4-9,11,20H,3H2,1-2H3,(H,29,32)(H,33,34)/t20-/m0/s1. The number of aromatic nitrogens is 1. The number of carbonyl (C=O) groups excluding carboxylic acids is 1. The van der Waals surface area contributed by atoms with Gasteiger partial charge in [-0.3, -0.25) is 14.2 Å². The van der Waals surface area contributed by atoms with Crippen molar-refractivity contribution in [3.05, 3.63) is 80.7 Å². The minimum absolute atomic E-state index is 0.0894. The van der Waals surface area contributed by atoms with E-state index in [4.69, 9.17) is 21.4 Å². The molecule has 11 heteroatoms. The number of halogens is 3. The summed E-state index contributed by atoms with van der Waals surface area (Å²) in [5, 5.41) is 20.9. The van der Waals surface area contributed by atoms with Crippen molar-refractivity contribution in [2.24, 2.45) is 0 Å². The largest absolute Gasteiger partial charge is 0.495 e. The van der Waals surface area contributed by atoms with E-state index in [0.29, 0.717) is 22.7 Å². The van der Waals surface area contributed by atoms with Crippen LogP contribution in [0.2, 0.25) is 5.02 Å². The number of anilines is 1. The van der Waals surface area contributed by atoms with Gasteiger partial charge in [-0.2, -0.15) is 5.26 Å². The summed E-state index contributed by atoms with van der Waals surface area (Å²) in [7, 11) is 1.34. The normalized spacial score (nSPS) is 11.4. The molecule has 0 radical (unpaired) electrons. The molecule has 8 nitrogen and oxygen atoms in total. The second-order valence-electron chi connectivity index (χ2n) is 7.33. The van der Waals surface area contributed by atoms with Crippen LogP contribution in [0.4, 0.5) is 14.5 Å². The Morgan fingerprint density at radius 3 is 2.51 bits per heavy atom. The number of aromatic carboxylic acids is 1. The zero-order valence-electron chi connectivity index (χ0n) is 18.4. The van der Waals surface area contributed by atoms with Crippen molar-refractivity contribution >= 4 is 29.2 Å². The molecular formula is C24H18ClF2N3O5. The molecule has 0 spiro atoms. The second-order valence-corrected chi connectivity index (χ2v) is 7.77. The first-order valence-corrected chi connectivity index (χ1v) is 10.5. The number of hydrogen-bond acceptors (Lipinski definition) is 5. The summed E-state index contributed by atoms with van der Waals surface area (Å²) in [5.41, 5.74) is -1.21. The van der Waals surface area contributed by atoms with Crippen LogP contribution < -0.4 is 15.6 Å². The smallest absolute Gasteiger partial charge is 0.338 e. The number of benzene rings is 2.